The Morgan fingerprint density at radius 2 is 1.89 bits per heavy atom. The van der Waals surface area contributed by atoms with Crippen LogP contribution in [0.1, 0.15) is 18.9 Å². The van der Waals surface area contributed by atoms with E-state index in [-0.39, 0.29) is 0 Å². The summed E-state index contributed by atoms with van der Waals surface area (Å²) in [4.78, 5) is 0. The second kappa shape index (κ2) is 10.8. The molecule has 0 amide bonds. The molecular weight excluding hydrogens is 242 g/mol. The van der Waals surface area contributed by atoms with Gasteiger partial charge in [0.2, 0.25) is 0 Å². The summed E-state index contributed by atoms with van der Waals surface area (Å²) >= 11 is 0. The number of hydrogen-bond donors (Lipinski definition) is 1. The summed E-state index contributed by atoms with van der Waals surface area (Å²) in [5, 5.41) is 3.31. The zero-order valence-corrected chi connectivity index (χ0v) is 12.0. The van der Waals surface area contributed by atoms with Crippen LogP contribution in [-0.2, 0) is 16.0 Å². The minimum atomic E-state index is 0.645. The van der Waals surface area contributed by atoms with Crippen molar-refractivity contribution >= 4 is 0 Å². The van der Waals surface area contributed by atoms with Crippen molar-refractivity contribution in [2.75, 3.05) is 40.1 Å². The number of methoxy groups -OCH3 is 1. The molecule has 108 valence electrons. The lowest BCUT2D eigenvalue weighted by molar-refractivity contribution is 0.0644. The third-order valence-electron chi connectivity index (χ3n) is 2.66. The van der Waals surface area contributed by atoms with Crippen molar-refractivity contribution in [2.24, 2.45) is 0 Å². The molecule has 1 aromatic carbocycles. The summed E-state index contributed by atoms with van der Waals surface area (Å²) in [6.45, 7) is 6.58. The highest BCUT2D eigenvalue weighted by Crippen LogP contribution is 2.17. The predicted molar refractivity (Wildman–Crippen MR) is 76.6 cm³/mol. The molecule has 1 aromatic rings. The predicted octanol–water partition coefficient (Wildman–Crippen LogP) is 2.23. The van der Waals surface area contributed by atoms with Gasteiger partial charge in [-0.1, -0.05) is 25.1 Å². The van der Waals surface area contributed by atoms with Crippen LogP contribution in [0.3, 0.4) is 0 Å². The molecule has 0 bridgehead atoms. The Bertz CT molecular complexity index is 331. The van der Waals surface area contributed by atoms with Gasteiger partial charge in [0, 0.05) is 32.2 Å². The normalized spacial score (nSPS) is 10.6. The van der Waals surface area contributed by atoms with Gasteiger partial charge in [0.05, 0.1) is 19.8 Å². The van der Waals surface area contributed by atoms with Crippen LogP contribution in [0.4, 0.5) is 0 Å². The highest BCUT2D eigenvalue weighted by atomic mass is 16.5. The molecule has 1 rings (SSSR count). The van der Waals surface area contributed by atoms with E-state index in [1.54, 1.807) is 7.11 Å². The lowest BCUT2D eigenvalue weighted by atomic mass is 10.2. The molecule has 0 aliphatic heterocycles. The molecule has 0 fully saturated rings. The van der Waals surface area contributed by atoms with E-state index in [0.29, 0.717) is 26.4 Å². The Morgan fingerprint density at radius 3 is 2.68 bits per heavy atom. The Morgan fingerprint density at radius 1 is 1.05 bits per heavy atom. The molecule has 0 saturated carbocycles. The van der Waals surface area contributed by atoms with Crippen molar-refractivity contribution in [3.63, 3.8) is 0 Å². The van der Waals surface area contributed by atoms with Crippen molar-refractivity contribution in [3.8, 4) is 5.75 Å². The summed E-state index contributed by atoms with van der Waals surface area (Å²) < 4.78 is 16.1. The fourth-order valence-corrected chi connectivity index (χ4v) is 1.64. The molecule has 0 aromatic heterocycles. The van der Waals surface area contributed by atoms with Gasteiger partial charge in [-0.2, -0.15) is 0 Å². The minimum absolute atomic E-state index is 0.645. The van der Waals surface area contributed by atoms with Crippen LogP contribution >= 0.6 is 0 Å². The Kier molecular flexibility index (Phi) is 9.06. The van der Waals surface area contributed by atoms with Crippen molar-refractivity contribution in [2.45, 2.75) is 19.9 Å². The molecule has 0 aliphatic rings. The highest BCUT2D eigenvalue weighted by molar-refractivity contribution is 5.33. The van der Waals surface area contributed by atoms with E-state index >= 15 is 0 Å². The fraction of sp³-hybridized carbons (Fsp3) is 0.600. The van der Waals surface area contributed by atoms with E-state index in [1.165, 1.54) is 5.56 Å². The van der Waals surface area contributed by atoms with Gasteiger partial charge in [0.25, 0.3) is 0 Å². The zero-order valence-electron chi connectivity index (χ0n) is 12.0. The fourth-order valence-electron chi connectivity index (χ4n) is 1.64. The van der Waals surface area contributed by atoms with Crippen LogP contribution in [0, 0.1) is 0 Å². The van der Waals surface area contributed by atoms with Crippen molar-refractivity contribution in [1.82, 2.24) is 5.32 Å². The van der Waals surface area contributed by atoms with Crippen molar-refractivity contribution < 1.29 is 14.2 Å². The number of ether oxygens (including phenoxy) is 3. The van der Waals surface area contributed by atoms with E-state index in [1.807, 2.05) is 18.2 Å². The van der Waals surface area contributed by atoms with Crippen molar-refractivity contribution in [3.05, 3.63) is 29.8 Å². The maximum atomic E-state index is 5.79. The molecule has 0 aliphatic carbocycles. The van der Waals surface area contributed by atoms with Crippen LogP contribution in [0.5, 0.6) is 5.75 Å². The molecule has 0 heterocycles. The third-order valence-corrected chi connectivity index (χ3v) is 2.66. The lowest BCUT2D eigenvalue weighted by Crippen LogP contribution is -2.13. The van der Waals surface area contributed by atoms with Gasteiger partial charge in [-0.05, 0) is 12.6 Å². The van der Waals surface area contributed by atoms with E-state index in [9.17, 15) is 0 Å². The van der Waals surface area contributed by atoms with Crippen molar-refractivity contribution in [1.29, 1.82) is 0 Å². The van der Waals surface area contributed by atoms with Gasteiger partial charge in [0.15, 0.2) is 0 Å². The van der Waals surface area contributed by atoms with Crippen LogP contribution in [0.15, 0.2) is 24.3 Å². The first-order chi connectivity index (χ1) is 9.38. The number of para-hydroxylation sites is 1. The first kappa shape index (κ1) is 16.0. The molecule has 1 N–H and O–H groups in total. The first-order valence-corrected chi connectivity index (χ1v) is 6.86. The van der Waals surface area contributed by atoms with Crippen LogP contribution < -0.4 is 10.1 Å². The highest BCUT2D eigenvalue weighted by Gasteiger charge is 2.01. The quantitative estimate of drug-likeness (QED) is 0.624. The number of nitrogens with one attached hydrogen (secondary N) is 1. The number of hydrogen-bond acceptors (Lipinski definition) is 4. The Hall–Kier alpha value is -1.10. The maximum Gasteiger partial charge on any atom is 0.123 e. The topological polar surface area (TPSA) is 39.7 Å². The number of rotatable bonds is 11. The summed E-state index contributed by atoms with van der Waals surface area (Å²) in [5.74, 6) is 0.959. The van der Waals surface area contributed by atoms with Gasteiger partial charge >= 0.3 is 0 Å². The molecular formula is C15H25NO3. The third kappa shape index (κ3) is 7.15. The Balaban J connectivity index is 2.21. The molecule has 19 heavy (non-hydrogen) atoms. The molecule has 4 heteroatoms. The molecule has 0 radical (unpaired) electrons. The molecule has 0 saturated heterocycles. The monoisotopic (exact) mass is 267 g/mol. The van der Waals surface area contributed by atoms with E-state index in [0.717, 1.165) is 25.3 Å². The maximum absolute atomic E-state index is 5.79. The van der Waals surface area contributed by atoms with E-state index in [2.05, 4.69) is 18.3 Å². The smallest absolute Gasteiger partial charge is 0.123 e. The minimum Gasteiger partial charge on any atom is -0.493 e. The summed E-state index contributed by atoms with van der Waals surface area (Å²) in [6, 6.07) is 8.14. The average molecular weight is 267 g/mol. The van der Waals surface area contributed by atoms with Crippen LogP contribution in [-0.4, -0.2) is 40.1 Å². The van der Waals surface area contributed by atoms with E-state index in [4.69, 9.17) is 14.2 Å². The SMILES string of the molecule is CCNCc1ccccc1OCCCOCCOC. The van der Waals surface area contributed by atoms with Crippen LogP contribution in [0.25, 0.3) is 0 Å². The second-order valence-corrected chi connectivity index (χ2v) is 4.20. The zero-order chi connectivity index (χ0) is 13.8. The molecule has 0 unspecified atom stereocenters. The first-order valence-electron chi connectivity index (χ1n) is 6.86. The standard InChI is InChI=1S/C15H25NO3/c1-3-16-13-14-7-4-5-8-15(14)19-10-6-9-18-12-11-17-2/h4-5,7-8,16H,3,6,9-13H2,1-2H3. The van der Waals surface area contributed by atoms with Gasteiger partial charge in [0.1, 0.15) is 5.75 Å². The molecule has 0 atom stereocenters. The van der Waals surface area contributed by atoms with Gasteiger partial charge in [-0.15, -0.1) is 0 Å². The second-order valence-electron chi connectivity index (χ2n) is 4.20. The molecule has 0 spiro atoms. The summed E-state index contributed by atoms with van der Waals surface area (Å²) in [5.41, 5.74) is 1.20. The van der Waals surface area contributed by atoms with Gasteiger partial charge in [-0.25, -0.2) is 0 Å². The molecule has 4 nitrogen and oxygen atoms in total. The van der Waals surface area contributed by atoms with Gasteiger partial charge < -0.3 is 19.5 Å². The van der Waals surface area contributed by atoms with Crippen LogP contribution in [0.2, 0.25) is 0 Å². The van der Waals surface area contributed by atoms with Gasteiger partial charge in [-0.3, -0.25) is 0 Å². The number of benzene rings is 1. The summed E-state index contributed by atoms with van der Waals surface area (Å²) in [7, 11) is 1.67. The Labute approximate surface area is 116 Å². The average Bonchev–Trinajstić information content (AvgIpc) is 2.45. The largest absolute Gasteiger partial charge is 0.493 e. The summed E-state index contributed by atoms with van der Waals surface area (Å²) in [6.07, 6.45) is 0.888. The lowest BCUT2D eigenvalue weighted by Gasteiger charge is -2.11. The van der Waals surface area contributed by atoms with E-state index < -0.39 is 0 Å².